The van der Waals surface area contributed by atoms with Gasteiger partial charge >= 0.3 is 0 Å². The Balaban J connectivity index is 1.81. The summed E-state index contributed by atoms with van der Waals surface area (Å²) in [7, 11) is 2.05. The van der Waals surface area contributed by atoms with E-state index in [-0.39, 0.29) is 11.9 Å². The normalized spacial score (nSPS) is 22.2. The minimum Gasteiger partial charge on any atom is -0.486 e. The van der Waals surface area contributed by atoms with Crippen molar-refractivity contribution in [2.75, 3.05) is 46.4 Å². The molecule has 1 saturated heterocycles. The van der Waals surface area contributed by atoms with Gasteiger partial charge in [0.2, 0.25) is 0 Å². The van der Waals surface area contributed by atoms with E-state index in [0.717, 1.165) is 13.1 Å². The molecule has 114 valence electrons. The third kappa shape index (κ3) is 2.82. The van der Waals surface area contributed by atoms with Crippen LogP contribution in [0.15, 0.2) is 18.2 Å². The molecule has 6 nitrogen and oxygen atoms in total. The summed E-state index contributed by atoms with van der Waals surface area (Å²) in [6.45, 7) is 3.92. The quantitative estimate of drug-likeness (QED) is 0.841. The number of hydrogen-bond donors (Lipinski definition) is 1. The largest absolute Gasteiger partial charge is 0.486 e. The Bertz CT molecular complexity index is 535. The van der Waals surface area contributed by atoms with E-state index in [2.05, 4.69) is 11.9 Å². The summed E-state index contributed by atoms with van der Waals surface area (Å²) >= 11 is 0. The molecule has 21 heavy (non-hydrogen) atoms. The third-order valence-corrected chi connectivity index (χ3v) is 4.01. The molecule has 0 radical (unpaired) electrons. The second-order valence-corrected chi connectivity index (χ2v) is 5.51. The number of hydrogen-bond acceptors (Lipinski definition) is 5. The van der Waals surface area contributed by atoms with Crippen molar-refractivity contribution < 1.29 is 14.3 Å². The average molecular weight is 291 g/mol. The molecule has 1 aromatic carbocycles. The number of nitrogens with two attached hydrogens (primary N) is 1. The molecule has 2 heterocycles. The number of fused-ring (bicyclic) bond motifs is 1. The van der Waals surface area contributed by atoms with Gasteiger partial charge in [0.15, 0.2) is 11.5 Å². The summed E-state index contributed by atoms with van der Waals surface area (Å²) in [5.41, 5.74) is 6.44. The van der Waals surface area contributed by atoms with Gasteiger partial charge in [0.05, 0.1) is 6.04 Å². The fraction of sp³-hybridized carbons (Fsp3) is 0.533. The predicted molar refractivity (Wildman–Crippen MR) is 78.8 cm³/mol. The molecule has 0 aromatic heterocycles. The predicted octanol–water partition coefficient (Wildman–Crippen LogP) is 0.173. The van der Waals surface area contributed by atoms with Crippen molar-refractivity contribution in [1.29, 1.82) is 0 Å². The second kappa shape index (κ2) is 5.91. The lowest BCUT2D eigenvalue weighted by atomic mass is 10.1. The maximum absolute atomic E-state index is 12.7. The number of carbonyl (C=O) groups is 1. The van der Waals surface area contributed by atoms with Gasteiger partial charge in [-0.15, -0.1) is 0 Å². The van der Waals surface area contributed by atoms with Crippen LogP contribution >= 0.6 is 0 Å². The summed E-state index contributed by atoms with van der Waals surface area (Å²) in [6.07, 6.45) is 0. The molecule has 1 unspecified atom stereocenters. The Morgan fingerprint density at radius 2 is 2.05 bits per heavy atom. The molecule has 0 bridgehead atoms. The third-order valence-electron chi connectivity index (χ3n) is 4.01. The van der Waals surface area contributed by atoms with Gasteiger partial charge in [-0.2, -0.15) is 0 Å². The summed E-state index contributed by atoms with van der Waals surface area (Å²) < 4.78 is 11.0. The molecule has 1 amide bonds. The van der Waals surface area contributed by atoms with Gasteiger partial charge in [-0.05, 0) is 25.2 Å². The second-order valence-electron chi connectivity index (χ2n) is 5.51. The lowest BCUT2D eigenvalue weighted by Gasteiger charge is -2.39. The van der Waals surface area contributed by atoms with E-state index in [4.69, 9.17) is 15.2 Å². The highest BCUT2D eigenvalue weighted by atomic mass is 16.6. The molecule has 0 saturated carbocycles. The number of amides is 1. The van der Waals surface area contributed by atoms with Gasteiger partial charge in [-0.1, -0.05) is 0 Å². The van der Waals surface area contributed by atoms with Crippen LogP contribution in [-0.4, -0.2) is 68.2 Å². The number of ether oxygens (including phenoxy) is 2. The van der Waals surface area contributed by atoms with E-state index in [1.165, 1.54) is 0 Å². The molecule has 0 aliphatic carbocycles. The topological polar surface area (TPSA) is 68.0 Å². The van der Waals surface area contributed by atoms with Crippen molar-refractivity contribution in [3.63, 3.8) is 0 Å². The van der Waals surface area contributed by atoms with Gasteiger partial charge in [0.1, 0.15) is 13.2 Å². The van der Waals surface area contributed by atoms with Gasteiger partial charge in [-0.25, -0.2) is 0 Å². The number of carbonyl (C=O) groups excluding carboxylic acids is 1. The molecule has 2 aliphatic rings. The molecular weight excluding hydrogens is 270 g/mol. The first kappa shape index (κ1) is 14.2. The maximum atomic E-state index is 12.7. The molecule has 1 atom stereocenters. The zero-order valence-corrected chi connectivity index (χ0v) is 12.2. The van der Waals surface area contributed by atoms with Crippen molar-refractivity contribution in [3.8, 4) is 11.5 Å². The monoisotopic (exact) mass is 291 g/mol. The van der Waals surface area contributed by atoms with Crippen LogP contribution in [-0.2, 0) is 0 Å². The van der Waals surface area contributed by atoms with E-state index in [9.17, 15) is 4.79 Å². The Morgan fingerprint density at radius 3 is 2.81 bits per heavy atom. The van der Waals surface area contributed by atoms with Crippen LogP contribution in [0.5, 0.6) is 11.5 Å². The molecule has 1 fully saturated rings. The Labute approximate surface area is 124 Å². The maximum Gasteiger partial charge on any atom is 0.254 e. The zero-order chi connectivity index (χ0) is 14.8. The van der Waals surface area contributed by atoms with Crippen LogP contribution in [0.2, 0.25) is 0 Å². The average Bonchev–Trinajstić information content (AvgIpc) is 2.53. The SMILES string of the molecule is CN1CCN(C(=O)c2ccc3c(c2)OCCO3)C(CN)C1. The molecule has 6 heteroatoms. The highest BCUT2D eigenvalue weighted by Crippen LogP contribution is 2.31. The molecule has 0 spiro atoms. The Kier molecular flexibility index (Phi) is 3.98. The van der Waals surface area contributed by atoms with E-state index < -0.39 is 0 Å². The first-order valence-electron chi connectivity index (χ1n) is 7.28. The zero-order valence-electron chi connectivity index (χ0n) is 12.2. The molecule has 2 N–H and O–H groups in total. The lowest BCUT2D eigenvalue weighted by Crippen LogP contribution is -2.56. The minimum absolute atomic E-state index is 0.00974. The molecule has 1 aromatic rings. The van der Waals surface area contributed by atoms with E-state index >= 15 is 0 Å². The van der Waals surface area contributed by atoms with Crippen LogP contribution < -0.4 is 15.2 Å². The molecule has 3 rings (SSSR count). The number of nitrogens with zero attached hydrogens (tertiary/aromatic N) is 2. The summed E-state index contributed by atoms with van der Waals surface area (Å²) in [6, 6.07) is 5.42. The first-order valence-corrected chi connectivity index (χ1v) is 7.28. The molecule has 2 aliphatic heterocycles. The van der Waals surface area contributed by atoms with Crippen LogP contribution in [0.25, 0.3) is 0 Å². The number of benzene rings is 1. The van der Waals surface area contributed by atoms with Gasteiger partial charge in [0, 0.05) is 31.7 Å². The van der Waals surface area contributed by atoms with Crippen LogP contribution in [0.3, 0.4) is 0 Å². The first-order chi connectivity index (χ1) is 10.2. The fourth-order valence-corrected chi connectivity index (χ4v) is 2.82. The number of rotatable bonds is 2. The van der Waals surface area contributed by atoms with Gasteiger partial charge in [0.25, 0.3) is 5.91 Å². The smallest absolute Gasteiger partial charge is 0.254 e. The highest BCUT2D eigenvalue weighted by molar-refractivity contribution is 5.95. The summed E-state index contributed by atoms with van der Waals surface area (Å²) in [5, 5.41) is 0. The van der Waals surface area contributed by atoms with Crippen molar-refractivity contribution in [1.82, 2.24) is 9.80 Å². The highest BCUT2D eigenvalue weighted by Gasteiger charge is 2.29. The van der Waals surface area contributed by atoms with Crippen molar-refractivity contribution in [2.45, 2.75) is 6.04 Å². The minimum atomic E-state index is 0.00974. The lowest BCUT2D eigenvalue weighted by molar-refractivity contribution is 0.0515. The number of piperazine rings is 1. The fourth-order valence-electron chi connectivity index (χ4n) is 2.82. The summed E-state index contributed by atoms with van der Waals surface area (Å²) in [4.78, 5) is 16.8. The van der Waals surface area contributed by atoms with Gasteiger partial charge < -0.3 is 25.0 Å². The Morgan fingerprint density at radius 1 is 1.29 bits per heavy atom. The van der Waals surface area contributed by atoms with Crippen LogP contribution in [0.1, 0.15) is 10.4 Å². The Hall–Kier alpha value is -1.79. The van der Waals surface area contributed by atoms with E-state index in [1.54, 1.807) is 18.2 Å². The standard InChI is InChI=1S/C15H21N3O3/c1-17-4-5-18(12(9-16)10-17)15(19)11-2-3-13-14(8-11)21-7-6-20-13/h2-3,8,12H,4-7,9-10,16H2,1H3. The van der Waals surface area contributed by atoms with Crippen molar-refractivity contribution in [3.05, 3.63) is 23.8 Å². The molecular formula is C15H21N3O3. The van der Waals surface area contributed by atoms with Crippen molar-refractivity contribution >= 4 is 5.91 Å². The number of likely N-dealkylation sites (N-methyl/N-ethyl adjacent to an activating group) is 1. The van der Waals surface area contributed by atoms with Crippen LogP contribution in [0.4, 0.5) is 0 Å². The summed E-state index contributed by atoms with van der Waals surface area (Å²) in [5.74, 6) is 1.35. The van der Waals surface area contributed by atoms with Crippen molar-refractivity contribution in [2.24, 2.45) is 5.73 Å². The van der Waals surface area contributed by atoms with E-state index in [0.29, 0.717) is 43.4 Å². The van der Waals surface area contributed by atoms with Crippen LogP contribution in [0, 0.1) is 0 Å². The van der Waals surface area contributed by atoms with E-state index in [1.807, 2.05) is 4.90 Å². The van der Waals surface area contributed by atoms with Gasteiger partial charge in [-0.3, -0.25) is 4.79 Å².